The average molecular weight is 376 g/mol. The van der Waals surface area contributed by atoms with Crippen LogP contribution in [0.5, 0.6) is 0 Å². The highest BCUT2D eigenvalue weighted by atomic mass is 16.5. The van der Waals surface area contributed by atoms with E-state index in [2.05, 4.69) is 67.7 Å². The molecule has 0 bridgehead atoms. The molecule has 0 aliphatic carbocycles. The van der Waals surface area contributed by atoms with Crippen LogP contribution < -0.4 is 5.32 Å². The van der Waals surface area contributed by atoms with Crippen LogP contribution >= 0.6 is 0 Å². The SMILES string of the molecule is Cc1ccc([C@H](OC[C@@H](O)CN[C@@H](C)c2ccccc2)c2ccccc2)cc1. The minimum atomic E-state index is -0.581. The molecular formula is C25H29NO2. The normalized spacial score (nSPS) is 14.4. The predicted octanol–water partition coefficient (Wildman–Crippen LogP) is 4.81. The predicted molar refractivity (Wildman–Crippen MR) is 114 cm³/mol. The maximum absolute atomic E-state index is 10.4. The van der Waals surface area contributed by atoms with Crippen molar-refractivity contribution in [2.24, 2.45) is 0 Å². The van der Waals surface area contributed by atoms with E-state index in [1.807, 2.05) is 36.4 Å². The first-order chi connectivity index (χ1) is 13.6. The molecule has 0 aliphatic heterocycles. The molecule has 2 N–H and O–H groups in total. The van der Waals surface area contributed by atoms with Gasteiger partial charge in [-0.05, 0) is 30.5 Å². The molecule has 0 radical (unpaired) electrons. The van der Waals surface area contributed by atoms with Gasteiger partial charge in [-0.1, -0.05) is 90.5 Å². The first-order valence-electron chi connectivity index (χ1n) is 9.83. The summed E-state index contributed by atoms with van der Waals surface area (Å²) in [5, 5.41) is 13.8. The summed E-state index contributed by atoms with van der Waals surface area (Å²) in [6.45, 7) is 4.92. The highest BCUT2D eigenvalue weighted by molar-refractivity contribution is 5.31. The van der Waals surface area contributed by atoms with Crippen molar-refractivity contribution in [2.45, 2.75) is 32.1 Å². The van der Waals surface area contributed by atoms with Crippen LogP contribution in [0.25, 0.3) is 0 Å². The Morgan fingerprint density at radius 2 is 1.32 bits per heavy atom. The molecule has 0 aliphatic rings. The maximum Gasteiger partial charge on any atom is 0.108 e. The Bertz CT molecular complexity index is 818. The van der Waals surface area contributed by atoms with Crippen LogP contribution in [0.15, 0.2) is 84.9 Å². The van der Waals surface area contributed by atoms with E-state index in [-0.39, 0.29) is 18.8 Å². The largest absolute Gasteiger partial charge is 0.389 e. The van der Waals surface area contributed by atoms with E-state index < -0.39 is 6.10 Å². The van der Waals surface area contributed by atoms with Gasteiger partial charge in [-0.3, -0.25) is 0 Å². The molecule has 0 aromatic heterocycles. The molecule has 3 heteroatoms. The molecule has 3 rings (SSSR count). The van der Waals surface area contributed by atoms with Crippen molar-refractivity contribution in [1.29, 1.82) is 0 Å². The smallest absolute Gasteiger partial charge is 0.108 e. The maximum atomic E-state index is 10.4. The van der Waals surface area contributed by atoms with E-state index in [9.17, 15) is 5.11 Å². The minimum Gasteiger partial charge on any atom is -0.389 e. The van der Waals surface area contributed by atoms with Crippen LogP contribution in [0, 0.1) is 6.92 Å². The molecule has 3 aromatic rings. The van der Waals surface area contributed by atoms with E-state index in [1.165, 1.54) is 11.1 Å². The van der Waals surface area contributed by atoms with Gasteiger partial charge in [0.15, 0.2) is 0 Å². The highest BCUT2D eigenvalue weighted by Crippen LogP contribution is 2.26. The van der Waals surface area contributed by atoms with Crippen molar-refractivity contribution in [3.05, 3.63) is 107 Å². The van der Waals surface area contributed by atoms with Crippen LogP contribution in [0.3, 0.4) is 0 Å². The molecule has 0 unspecified atom stereocenters. The zero-order chi connectivity index (χ0) is 19.8. The number of aliphatic hydroxyl groups excluding tert-OH is 1. The minimum absolute atomic E-state index is 0.179. The lowest BCUT2D eigenvalue weighted by molar-refractivity contribution is 0.00578. The summed E-state index contributed by atoms with van der Waals surface area (Å²) in [6, 6.07) is 28.9. The highest BCUT2D eigenvalue weighted by Gasteiger charge is 2.17. The fourth-order valence-electron chi connectivity index (χ4n) is 3.19. The Labute approximate surface area is 168 Å². The van der Waals surface area contributed by atoms with E-state index in [0.717, 1.165) is 11.1 Å². The van der Waals surface area contributed by atoms with Gasteiger partial charge >= 0.3 is 0 Å². The third kappa shape index (κ3) is 5.77. The lowest BCUT2D eigenvalue weighted by Crippen LogP contribution is -2.32. The van der Waals surface area contributed by atoms with Crippen molar-refractivity contribution in [3.63, 3.8) is 0 Å². The Morgan fingerprint density at radius 3 is 1.93 bits per heavy atom. The summed E-state index contributed by atoms with van der Waals surface area (Å²) < 4.78 is 6.16. The average Bonchev–Trinajstić information content (AvgIpc) is 2.75. The molecule has 0 saturated carbocycles. The van der Waals surface area contributed by atoms with Gasteiger partial charge in [0, 0.05) is 12.6 Å². The first-order valence-corrected chi connectivity index (χ1v) is 9.83. The van der Waals surface area contributed by atoms with Crippen molar-refractivity contribution >= 4 is 0 Å². The molecule has 0 spiro atoms. The number of hydrogen-bond donors (Lipinski definition) is 2. The summed E-state index contributed by atoms with van der Waals surface area (Å²) in [4.78, 5) is 0. The van der Waals surface area contributed by atoms with Gasteiger partial charge in [0.2, 0.25) is 0 Å². The molecule has 0 heterocycles. The van der Waals surface area contributed by atoms with E-state index >= 15 is 0 Å². The second-order valence-corrected chi connectivity index (χ2v) is 7.23. The van der Waals surface area contributed by atoms with Crippen LogP contribution in [-0.2, 0) is 4.74 Å². The summed E-state index contributed by atoms with van der Waals surface area (Å²) in [5.74, 6) is 0. The molecule has 3 atom stereocenters. The third-order valence-electron chi connectivity index (χ3n) is 4.90. The lowest BCUT2D eigenvalue weighted by atomic mass is 10.0. The molecule has 0 saturated heterocycles. The summed E-state index contributed by atoms with van der Waals surface area (Å²) in [6.07, 6.45) is -0.772. The summed E-state index contributed by atoms with van der Waals surface area (Å²) >= 11 is 0. The second-order valence-electron chi connectivity index (χ2n) is 7.23. The molecule has 3 nitrogen and oxygen atoms in total. The van der Waals surface area contributed by atoms with Gasteiger partial charge in [0.05, 0.1) is 12.7 Å². The Balaban J connectivity index is 1.59. The number of rotatable bonds is 9. The zero-order valence-corrected chi connectivity index (χ0v) is 16.6. The molecule has 0 amide bonds. The van der Waals surface area contributed by atoms with Gasteiger partial charge in [-0.2, -0.15) is 0 Å². The van der Waals surface area contributed by atoms with Gasteiger partial charge in [0.25, 0.3) is 0 Å². The lowest BCUT2D eigenvalue weighted by Gasteiger charge is -2.22. The topological polar surface area (TPSA) is 41.5 Å². The van der Waals surface area contributed by atoms with E-state index in [1.54, 1.807) is 0 Å². The van der Waals surface area contributed by atoms with Gasteiger partial charge < -0.3 is 15.2 Å². The first kappa shape index (κ1) is 20.3. The fraction of sp³-hybridized carbons (Fsp3) is 0.280. The number of aliphatic hydroxyl groups is 1. The quantitative estimate of drug-likeness (QED) is 0.564. The standard InChI is InChI=1S/C25H29NO2/c1-19-13-15-23(16-14-19)25(22-11-7-4-8-12-22)28-18-24(27)17-26-20(2)21-9-5-3-6-10-21/h3-16,20,24-27H,17-18H2,1-2H3/t20-,24-,25+/m0/s1. The zero-order valence-electron chi connectivity index (χ0n) is 16.6. The van der Waals surface area contributed by atoms with Crippen LogP contribution in [0.2, 0.25) is 0 Å². The van der Waals surface area contributed by atoms with Gasteiger partial charge in [-0.15, -0.1) is 0 Å². The van der Waals surface area contributed by atoms with Crippen molar-refractivity contribution in [1.82, 2.24) is 5.32 Å². The number of ether oxygens (including phenoxy) is 1. The van der Waals surface area contributed by atoms with E-state index in [4.69, 9.17) is 4.74 Å². The number of nitrogens with one attached hydrogen (secondary N) is 1. The van der Waals surface area contributed by atoms with E-state index in [0.29, 0.717) is 6.54 Å². The van der Waals surface area contributed by atoms with Crippen LogP contribution in [0.4, 0.5) is 0 Å². The van der Waals surface area contributed by atoms with Crippen molar-refractivity contribution in [2.75, 3.05) is 13.2 Å². The van der Waals surface area contributed by atoms with Gasteiger partial charge in [-0.25, -0.2) is 0 Å². The third-order valence-corrected chi connectivity index (χ3v) is 4.90. The Hall–Kier alpha value is -2.46. The molecule has 0 fully saturated rings. The second kappa shape index (κ2) is 10.2. The van der Waals surface area contributed by atoms with Crippen molar-refractivity contribution < 1.29 is 9.84 Å². The molecular weight excluding hydrogens is 346 g/mol. The fourth-order valence-corrected chi connectivity index (χ4v) is 3.19. The van der Waals surface area contributed by atoms with Crippen LogP contribution in [0.1, 0.15) is 41.3 Å². The molecule has 146 valence electrons. The number of hydrogen-bond acceptors (Lipinski definition) is 3. The van der Waals surface area contributed by atoms with Crippen LogP contribution in [-0.4, -0.2) is 24.4 Å². The van der Waals surface area contributed by atoms with Gasteiger partial charge in [0.1, 0.15) is 6.10 Å². The molecule has 3 aromatic carbocycles. The number of benzene rings is 3. The molecule has 28 heavy (non-hydrogen) atoms. The Morgan fingerprint density at radius 1 is 0.786 bits per heavy atom. The number of aryl methyl sites for hydroxylation is 1. The monoisotopic (exact) mass is 375 g/mol. The summed E-state index contributed by atoms with van der Waals surface area (Å²) in [7, 11) is 0. The summed E-state index contributed by atoms with van der Waals surface area (Å²) in [5.41, 5.74) is 4.60. The Kier molecular flexibility index (Phi) is 7.38. The van der Waals surface area contributed by atoms with Crippen molar-refractivity contribution in [3.8, 4) is 0 Å².